The van der Waals surface area contributed by atoms with Crippen LogP contribution >= 0.6 is 0 Å². The molecule has 0 unspecified atom stereocenters. The van der Waals surface area contributed by atoms with Gasteiger partial charge in [0.05, 0.1) is 26.4 Å². The number of hydrogen-bond donors (Lipinski definition) is 0. The molecule has 0 amide bonds. The van der Waals surface area contributed by atoms with E-state index in [0.29, 0.717) is 52.1 Å². The van der Waals surface area contributed by atoms with Gasteiger partial charge in [-0.2, -0.15) is 0 Å². The maximum absolute atomic E-state index is 12.8. The first-order valence-corrected chi connectivity index (χ1v) is 8.71. The molecule has 0 aromatic heterocycles. The molecule has 1 aliphatic rings. The Balaban J connectivity index is 3.21. The molecule has 0 radical (unpaired) electrons. The first-order chi connectivity index (χ1) is 11.6. The van der Waals surface area contributed by atoms with Crippen LogP contribution in [0.15, 0.2) is 23.0 Å². The molecule has 0 N–H and O–H groups in total. The topological polar surface area (TPSA) is 71.1 Å². The zero-order valence-corrected chi connectivity index (χ0v) is 15.1. The third-order valence-electron chi connectivity index (χ3n) is 3.04. The van der Waals surface area contributed by atoms with Gasteiger partial charge in [-0.25, -0.2) is 0 Å². The third kappa shape index (κ3) is 5.01. The number of carbonyl (C=O) groups excluding carboxylic acids is 2. The summed E-state index contributed by atoms with van der Waals surface area (Å²) in [5.41, 5.74) is 0. The second kappa shape index (κ2) is 10.7. The van der Waals surface area contributed by atoms with Gasteiger partial charge >= 0.3 is 0 Å². The molecule has 136 valence electrons. The minimum absolute atomic E-state index is 0.0785. The SMILES string of the molecule is CCCOC1=C(OCCC)C(=O)C(OCCC)=C(OCCC)C1=O. The molecule has 0 aromatic carbocycles. The summed E-state index contributed by atoms with van der Waals surface area (Å²) < 4.78 is 22.0. The fourth-order valence-corrected chi connectivity index (χ4v) is 1.96. The standard InChI is InChI=1S/C18H28O6/c1-5-9-21-15-13(19)17(23-11-7-3)18(24-12-8-4)14(20)16(15)22-10-6-2/h5-12H2,1-4H3. The summed E-state index contributed by atoms with van der Waals surface area (Å²) in [7, 11) is 0. The van der Waals surface area contributed by atoms with Gasteiger partial charge < -0.3 is 18.9 Å². The van der Waals surface area contributed by atoms with Gasteiger partial charge in [-0.1, -0.05) is 27.7 Å². The van der Waals surface area contributed by atoms with E-state index < -0.39 is 11.6 Å². The molecule has 0 saturated heterocycles. The average Bonchev–Trinajstić information content (AvgIpc) is 2.59. The monoisotopic (exact) mass is 340 g/mol. The quantitative estimate of drug-likeness (QED) is 0.508. The molecule has 0 atom stereocenters. The van der Waals surface area contributed by atoms with Crippen molar-refractivity contribution in [3.63, 3.8) is 0 Å². The van der Waals surface area contributed by atoms with Gasteiger partial charge in [0.25, 0.3) is 11.6 Å². The Morgan fingerprint density at radius 1 is 0.500 bits per heavy atom. The van der Waals surface area contributed by atoms with E-state index in [1.807, 2.05) is 27.7 Å². The third-order valence-corrected chi connectivity index (χ3v) is 3.04. The number of rotatable bonds is 12. The van der Waals surface area contributed by atoms with Gasteiger partial charge in [0.1, 0.15) is 0 Å². The maximum atomic E-state index is 12.8. The molecule has 24 heavy (non-hydrogen) atoms. The van der Waals surface area contributed by atoms with Crippen LogP contribution in [0, 0.1) is 0 Å². The van der Waals surface area contributed by atoms with Crippen LogP contribution in [0.1, 0.15) is 53.4 Å². The Bertz CT molecular complexity index is 418. The van der Waals surface area contributed by atoms with Crippen molar-refractivity contribution in [1.82, 2.24) is 0 Å². The van der Waals surface area contributed by atoms with Crippen LogP contribution in [-0.2, 0) is 28.5 Å². The fraction of sp³-hybridized carbons (Fsp3) is 0.667. The molecule has 6 nitrogen and oxygen atoms in total. The highest BCUT2D eigenvalue weighted by Gasteiger charge is 2.40. The largest absolute Gasteiger partial charge is 0.486 e. The van der Waals surface area contributed by atoms with E-state index in [-0.39, 0.29) is 23.0 Å². The second-order valence-electron chi connectivity index (χ2n) is 5.37. The van der Waals surface area contributed by atoms with Crippen molar-refractivity contribution in [2.24, 2.45) is 0 Å². The van der Waals surface area contributed by atoms with E-state index in [1.54, 1.807) is 0 Å². The predicted molar refractivity (Wildman–Crippen MR) is 89.0 cm³/mol. The van der Waals surface area contributed by atoms with Crippen LogP contribution < -0.4 is 0 Å². The van der Waals surface area contributed by atoms with Crippen molar-refractivity contribution in [3.05, 3.63) is 23.0 Å². The molecule has 0 aromatic rings. The van der Waals surface area contributed by atoms with Gasteiger partial charge in [-0.15, -0.1) is 0 Å². The van der Waals surface area contributed by atoms with E-state index in [4.69, 9.17) is 18.9 Å². The predicted octanol–water partition coefficient (Wildman–Crippen LogP) is 3.27. The van der Waals surface area contributed by atoms with Crippen molar-refractivity contribution >= 4 is 11.6 Å². The molecule has 0 bridgehead atoms. The van der Waals surface area contributed by atoms with Crippen molar-refractivity contribution in [3.8, 4) is 0 Å². The van der Waals surface area contributed by atoms with Gasteiger partial charge in [0, 0.05) is 0 Å². The lowest BCUT2D eigenvalue weighted by atomic mass is 10.0. The highest BCUT2D eigenvalue weighted by atomic mass is 16.5. The zero-order chi connectivity index (χ0) is 17.9. The second-order valence-corrected chi connectivity index (χ2v) is 5.37. The molecule has 0 aliphatic heterocycles. The summed E-state index contributed by atoms with van der Waals surface area (Å²) in [4.78, 5) is 25.5. The van der Waals surface area contributed by atoms with Crippen molar-refractivity contribution < 1.29 is 28.5 Å². The van der Waals surface area contributed by atoms with Crippen molar-refractivity contribution in [2.45, 2.75) is 53.4 Å². The lowest BCUT2D eigenvalue weighted by Crippen LogP contribution is -2.29. The average molecular weight is 340 g/mol. The van der Waals surface area contributed by atoms with E-state index in [1.165, 1.54) is 0 Å². The first kappa shape index (κ1) is 20.1. The fourth-order valence-electron chi connectivity index (χ4n) is 1.96. The Kier molecular flexibility index (Phi) is 8.97. The van der Waals surface area contributed by atoms with E-state index in [0.717, 1.165) is 0 Å². The van der Waals surface area contributed by atoms with E-state index >= 15 is 0 Å². The molecule has 0 spiro atoms. The Labute approximate surface area is 143 Å². The number of carbonyl (C=O) groups is 2. The minimum atomic E-state index is -0.492. The van der Waals surface area contributed by atoms with Crippen LogP contribution in [-0.4, -0.2) is 38.0 Å². The van der Waals surface area contributed by atoms with Gasteiger partial charge in [0.15, 0.2) is 0 Å². The molecule has 1 aliphatic carbocycles. The number of Topliss-reactive ketones (excluding diaryl/α,β-unsaturated/α-hetero) is 2. The van der Waals surface area contributed by atoms with Crippen LogP contribution in [0.5, 0.6) is 0 Å². The van der Waals surface area contributed by atoms with Crippen LogP contribution in [0.4, 0.5) is 0 Å². The summed E-state index contributed by atoms with van der Waals surface area (Å²) in [6.07, 6.45) is 2.83. The van der Waals surface area contributed by atoms with Crippen LogP contribution in [0.25, 0.3) is 0 Å². The number of ether oxygens (including phenoxy) is 4. The maximum Gasteiger partial charge on any atom is 0.270 e. The minimum Gasteiger partial charge on any atom is -0.486 e. The lowest BCUT2D eigenvalue weighted by Gasteiger charge is -2.23. The van der Waals surface area contributed by atoms with Gasteiger partial charge in [-0.05, 0) is 25.7 Å². The number of hydrogen-bond acceptors (Lipinski definition) is 6. The van der Waals surface area contributed by atoms with E-state index in [9.17, 15) is 9.59 Å². The lowest BCUT2D eigenvalue weighted by molar-refractivity contribution is -0.127. The molecule has 0 fully saturated rings. The Morgan fingerprint density at radius 2 is 0.708 bits per heavy atom. The van der Waals surface area contributed by atoms with Gasteiger partial charge in [-0.3, -0.25) is 9.59 Å². The summed E-state index contributed by atoms with van der Waals surface area (Å²) in [5, 5.41) is 0. The molecular formula is C18H28O6. The van der Waals surface area contributed by atoms with Gasteiger partial charge in [0.2, 0.25) is 23.0 Å². The van der Waals surface area contributed by atoms with E-state index in [2.05, 4.69) is 0 Å². The van der Waals surface area contributed by atoms with Crippen molar-refractivity contribution in [2.75, 3.05) is 26.4 Å². The first-order valence-electron chi connectivity index (χ1n) is 8.71. The van der Waals surface area contributed by atoms with Crippen LogP contribution in [0.3, 0.4) is 0 Å². The molecule has 0 saturated carbocycles. The zero-order valence-electron chi connectivity index (χ0n) is 15.1. The molecule has 6 heteroatoms. The Morgan fingerprint density at radius 3 is 0.875 bits per heavy atom. The summed E-state index contributed by atoms with van der Waals surface area (Å²) in [5.74, 6) is -1.30. The number of ketones is 2. The summed E-state index contributed by atoms with van der Waals surface area (Å²) >= 11 is 0. The van der Waals surface area contributed by atoms with Crippen molar-refractivity contribution in [1.29, 1.82) is 0 Å². The summed E-state index contributed by atoms with van der Waals surface area (Å²) in [6, 6.07) is 0. The molecule has 1 rings (SSSR count). The Hall–Kier alpha value is -1.98. The highest BCUT2D eigenvalue weighted by molar-refractivity contribution is 6.21. The van der Waals surface area contributed by atoms with Crippen LogP contribution in [0.2, 0.25) is 0 Å². The summed E-state index contributed by atoms with van der Waals surface area (Å²) in [6.45, 7) is 8.95. The smallest absolute Gasteiger partial charge is 0.270 e. The highest BCUT2D eigenvalue weighted by Crippen LogP contribution is 2.28. The molecular weight excluding hydrogens is 312 g/mol. The normalized spacial score (nSPS) is 15.0. The molecule has 0 heterocycles.